The normalized spacial score (nSPS) is 10.8. The van der Waals surface area contributed by atoms with Crippen LogP contribution in [0.5, 0.6) is 17.2 Å². The number of ether oxygens (including phenoxy) is 1. The zero-order chi connectivity index (χ0) is 13.3. The third kappa shape index (κ3) is 1.83. The summed E-state index contributed by atoms with van der Waals surface area (Å²) in [6, 6.07) is 3.89. The van der Waals surface area contributed by atoms with Gasteiger partial charge in [-0.15, -0.1) is 0 Å². The molecule has 0 unspecified atom stereocenters. The Hall–Kier alpha value is -1.97. The van der Waals surface area contributed by atoms with Gasteiger partial charge in [0, 0.05) is 16.3 Å². The molecule has 2 rings (SSSR count). The third-order valence-electron chi connectivity index (χ3n) is 2.97. The highest BCUT2D eigenvalue weighted by molar-refractivity contribution is 5.96. The van der Waals surface area contributed by atoms with Gasteiger partial charge in [-0.05, 0) is 24.6 Å². The molecule has 0 atom stereocenters. The fraction of sp³-hybridized carbons (Fsp3) is 0.286. The maximum atomic E-state index is 13.2. The molecular weight excluding hydrogens is 235 g/mol. The number of phenolic OH excluding ortho intramolecular Hbond substituents is 2. The minimum atomic E-state index is -0.470. The molecule has 0 aliphatic carbocycles. The van der Waals surface area contributed by atoms with Gasteiger partial charge in [0.05, 0.1) is 7.11 Å². The molecule has 4 heteroatoms. The molecule has 2 aromatic carbocycles. The maximum absolute atomic E-state index is 13.2. The number of hydrogen-bond donors (Lipinski definition) is 2. The van der Waals surface area contributed by atoms with Gasteiger partial charge in [-0.2, -0.15) is 0 Å². The van der Waals surface area contributed by atoms with E-state index in [1.165, 1.54) is 25.3 Å². The van der Waals surface area contributed by atoms with Crippen LogP contribution >= 0.6 is 0 Å². The van der Waals surface area contributed by atoms with Crippen molar-refractivity contribution < 1.29 is 19.3 Å². The lowest BCUT2D eigenvalue weighted by Crippen LogP contribution is -1.95. The molecule has 3 nitrogen and oxygen atoms in total. The van der Waals surface area contributed by atoms with E-state index in [9.17, 15) is 14.6 Å². The van der Waals surface area contributed by atoms with Crippen LogP contribution in [0.15, 0.2) is 18.2 Å². The average molecular weight is 250 g/mol. The molecule has 2 N–H and O–H groups in total. The summed E-state index contributed by atoms with van der Waals surface area (Å²) < 4.78 is 18.3. The average Bonchev–Trinajstić information content (AvgIpc) is 2.36. The Kier molecular flexibility index (Phi) is 3.28. The largest absolute Gasteiger partial charge is 0.507 e. The molecule has 0 saturated heterocycles. The summed E-state index contributed by atoms with van der Waals surface area (Å²) in [5, 5.41) is 21.0. The molecule has 0 saturated carbocycles. The summed E-state index contributed by atoms with van der Waals surface area (Å²) in [4.78, 5) is 0. The van der Waals surface area contributed by atoms with E-state index in [4.69, 9.17) is 4.74 Å². The second-order valence-electron chi connectivity index (χ2n) is 4.15. The van der Waals surface area contributed by atoms with Gasteiger partial charge in [-0.3, -0.25) is 0 Å². The highest BCUT2D eigenvalue weighted by atomic mass is 19.1. The maximum Gasteiger partial charge on any atom is 0.168 e. The number of rotatable bonds is 3. The Morgan fingerprint density at radius 3 is 2.50 bits per heavy atom. The predicted molar refractivity (Wildman–Crippen MR) is 67.8 cm³/mol. The number of methoxy groups -OCH3 is 1. The van der Waals surface area contributed by atoms with Gasteiger partial charge in [0.1, 0.15) is 11.6 Å². The number of hydrogen-bond acceptors (Lipinski definition) is 3. The Balaban J connectivity index is 2.85. The number of phenols is 2. The summed E-state index contributed by atoms with van der Waals surface area (Å²) in [6.07, 6.45) is 1.38. The summed E-state index contributed by atoms with van der Waals surface area (Å²) in [5.41, 5.74) is 0.552. The van der Waals surface area contributed by atoms with E-state index in [0.717, 1.165) is 6.42 Å². The van der Waals surface area contributed by atoms with Gasteiger partial charge in [0.25, 0.3) is 0 Å². The SMILES string of the molecule is CCCc1c(OC)c(O)c2cc(F)ccc2c1O. The first kappa shape index (κ1) is 12.5. The fourth-order valence-corrected chi connectivity index (χ4v) is 2.16. The molecule has 96 valence electrons. The fourth-order valence-electron chi connectivity index (χ4n) is 2.16. The summed E-state index contributed by atoms with van der Waals surface area (Å²) in [7, 11) is 1.42. The first-order chi connectivity index (χ1) is 8.60. The monoisotopic (exact) mass is 250 g/mol. The van der Waals surface area contributed by atoms with Gasteiger partial charge >= 0.3 is 0 Å². The van der Waals surface area contributed by atoms with E-state index >= 15 is 0 Å². The van der Waals surface area contributed by atoms with E-state index in [2.05, 4.69) is 0 Å². The van der Waals surface area contributed by atoms with Crippen molar-refractivity contribution in [2.24, 2.45) is 0 Å². The lowest BCUT2D eigenvalue weighted by molar-refractivity contribution is 0.366. The van der Waals surface area contributed by atoms with Crippen molar-refractivity contribution in [1.29, 1.82) is 0 Å². The first-order valence-corrected chi connectivity index (χ1v) is 5.80. The van der Waals surface area contributed by atoms with E-state index < -0.39 is 5.82 Å². The van der Waals surface area contributed by atoms with Gasteiger partial charge in [-0.1, -0.05) is 13.3 Å². The smallest absolute Gasteiger partial charge is 0.168 e. The number of benzene rings is 2. The van der Waals surface area contributed by atoms with Gasteiger partial charge in [-0.25, -0.2) is 4.39 Å². The zero-order valence-electron chi connectivity index (χ0n) is 10.3. The lowest BCUT2D eigenvalue weighted by atomic mass is 9.99. The Bertz CT molecular complexity index is 593. The number of fused-ring (bicyclic) bond motifs is 1. The Labute approximate surface area is 104 Å². The molecule has 0 amide bonds. The standard InChI is InChI=1S/C14H15FO3/c1-3-4-10-12(16)9-6-5-8(15)7-11(9)13(17)14(10)18-2/h5-7,16-17H,3-4H2,1-2H3. The molecule has 0 radical (unpaired) electrons. The molecule has 2 aromatic rings. The molecule has 0 heterocycles. The minimum Gasteiger partial charge on any atom is -0.507 e. The quantitative estimate of drug-likeness (QED) is 0.821. The summed E-state index contributed by atoms with van der Waals surface area (Å²) in [6.45, 7) is 1.96. The van der Waals surface area contributed by atoms with Gasteiger partial charge < -0.3 is 14.9 Å². The van der Waals surface area contributed by atoms with Crippen LogP contribution in [0, 0.1) is 5.82 Å². The first-order valence-electron chi connectivity index (χ1n) is 5.80. The van der Waals surface area contributed by atoms with E-state index in [1.54, 1.807) is 0 Å². The summed E-state index contributed by atoms with van der Waals surface area (Å²) in [5.74, 6) is -0.343. The van der Waals surface area contributed by atoms with Crippen LogP contribution in [0.4, 0.5) is 4.39 Å². The van der Waals surface area contributed by atoms with Crippen molar-refractivity contribution >= 4 is 10.8 Å². The molecule has 18 heavy (non-hydrogen) atoms. The van der Waals surface area contributed by atoms with Gasteiger partial charge in [0.15, 0.2) is 11.5 Å². The van der Waals surface area contributed by atoms with E-state index in [1.807, 2.05) is 6.92 Å². The van der Waals surface area contributed by atoms with Crippen LogP contribution in [0.25, 0.3) is 10.8 Å². The minimum absolute atomic E-state index is 0.0431. The molecule has 0 aromatic heterocycles. The zero-order valence-corrected chi connectivity index (χ0v) is 10.3. The van der Waals surface area contributed by atoms with Crippen LogP contribution in [0.3, 0.4) is 0 Å². The topological polar surface area (TPSA) is 49.7 Å². The molecule has 0 bridgehead atoms. The van der Waals surface area contributed by atoms with Crippen molar-refractivity contribution in [2.45, 2.75) is 19.8 Å². The third-order valence-corrected chi connectivity index (χ3v) is 2.97. The lowest BCUT2D eigenvalue weighted by Gasteiger charge is -2.15. The van der Waals surface area contributed by atoms with E-state index in [-0.39, 0.29) is 22.6 Å². The molecule has 0 fully saturated rings. The van der Waals surface area contributed by atoms with Crippen molar-refractivity contribution in [3.63, 3.8) is 0 Å². The Morgan fingerprint density at radius 1 is 1.17 bits per heavy atom. The van der Waals surface area contributed by atoms with Crippen molar-refractivity contribution in [2.75, 3.05) is 7.11 Å². The number of halogens is 1. The second kappa shape index (κ2) is 4.72. The highest BCUT2D eigenvalue weighted by Gasteiger charge is 2.19. The van der Waals surface area contributed by atoms with Crippen LogP contribution in [0.1, 0.15) is 18.9 Å². The summed E-state index contributed by atoms with van der Waals surface area (Å²) >= 11 is 0. The van der Waals surface area contributed by atoms with Crippen LogP contribution < -0.4 is 4.74 Å². The van der Waals surface area contributed by atoms with Crippen molar-refractivity contribution in [3.8, 4) is 17.2 Å². The van der Waals surface area contributed by atoms with Crippen molar-refractivity contribution in [3.05, 3.63) is 29.6 Å². The molecule has 0 aliphatic rings. The van der Waals surface area contributed by atoms with Crippen LogP contribution in [-0.2, 0) is 6.42 Å². The molecular formula is C14H15FO3. The molecule has 0 aliphatic heterocycles. The van der Waals surface area contributed by atoms with Crippen molar-refractivity contribution in [1.82, 2.24) is 0 Å². The van der Waals surface area contributed by atoms with Gasteiger partial charge in [0.2, 0.25) is 0 Å². The second-order valence-corrected chi connectivity index (χ2v) is 4.15. The predicted octanol–water partition coefficient (Wildman–Crippen LogP) is 3.35. The molecule has 0 spiro atoms. The van der Waals surface area contributed by atoms with E-state index in [0.29, 0.717) is 17.4 Å². The number of aromatic hydroxyl groups is 2. The Morgan fingerprint density at radius 2 is 1.89 bits per heavy atom. The highest BCUT2D eigenvalue weighted by Crippen LogP contribution is 2.45. The van der Waals surface area contributed by atoms with Crippen LogP contribution in [0.2, 0.25) is 0 Å². The van der Waals surface area contributed by atoms with Crippen LogP contribution in [-0.4, -0.2) is 17.3 Å².